The number of amides is 1. The van der Waals surface area contributed by atoms with Crippen LogP contribution in [-0.4, -0.2) is 62.7 Å². The molecule has 0 bridgehead atoms. The number of nitrogens with one attached hydrogen (secondary N) is 2. The average molecular weight is 392 g/mol. The molecule has 2 aromatic rings. The Kier molecular flexibility index (Phi) is 7.76. The molecule has 0 saturated carbocycles. The van der Waals surface area contributed by atoms with E-state index >= 15 is 0 Å². The third-order valence-corrected chi connectivity index (χ3v) is 3.92. The Bertz CT molecular complexity index is 842. The van der Waals surface area contributed by atoms with Crippen LogP contribution in [0, 0.1) is 0 Å². The number of H-pyrrole nitrogens is 1. The first kappa shape index (κ1) is 21.2. The number of carbonyl (C=O) groups excluding carboxylic acids is 1. The maximum absolute atomic E-state index is 12.3. The van der Waals surface area contributed by atoms with Crippen LogP contribution in [0.5, 0.6) is 17.2 Å². The van der Waals surface area contributed by atoms with Gasteiger partial charge < -0.3 is 29.2 Å². The van der Waals surface area contributed by atoms with Crippen molar-refractivity contribution in [2.24, 2.45) is 0 Å². The quantitative estimate of drug-likeness (QED) is 0.562. The third kappa shape index (κ3) is 5.19. The molecule has 0 unspecified atom stereocenters. The standard InChI is InChI=1S/C18H24N4O6/c1-25-8-7-19-15(23)6-5-12-18(24)20-17(22-21-12)11-9-13(26-2)16(28-4)14(10-11)27-3/h9-10H,5-8H2,1-4H3,(H,19,23)(H,20,22,24). The van der Waals surface area contributed by atoms with Gasteiger partial charge in [-0.05, 0) is 12.1 Å². The van der Waals surface area contributed by atoms with Crippen LogP contribution in [0.1, 0.15) is 12.1 Å². The number of hydrogen-bond donors (Lipinski definition) is 2. The van der Waals surface area contributed by atoms with E-state index in [4.69, 9.17) is 18.9 Å². The van der Waals surface area contributed by atoms with Crippen LogP contribution >= 0.6 is 0 Å². The van der Waals surface area contributed by atoms with Gasteiger partial charge in [0.2, 0.25) is 11.7 Å². The predicted molar refractivity (Wildman–Crippen MR) is 101 cm³/mol. The Morgan fingerprint density at radius 2 is 1.75 bits per heavy atom. The molecule has 0 aliphatic rings. The molecular weight excluding hydrogens is 368 g/mol. The van der Waals surface area contributed by atoms with Crippen molar-refractivity contribution in [3.05, 3.63) is 28.2 Å². The van der Waals surface area contributed by atoms with E-state index < -0.39 is 5.56 Å². The fourth-order valence-electron chi connectivity index (χ4n) is 2.48. The zero-order chi connectivity index (χ0) is 20.5. The van der Waals surface area contributed by atoms with E-state index in [-0.39, 0.29) is 30.3 Å². The van der Waals surface area contributed by atoms with Crippen LogP contribution in [0.3, 0.4) is 0 Å². The zero-order valence-electron chi connectivity index (χ0n) is 16.3. The average Bonchev–Trinajstić information content (AvgIpc) is 2.71. The summed E-state index contributed by atoms with van der Waals surface area (Å²) in [7, 11) is 6.05. The molecule has 2 N–H and O–H groups in total. The van der Waals surface area contributed by atoms with Crippen molar-refractivity contribution in [3.63, 3.8) is 0 Å². The maximum atomic E-state index is 12.3. The van der Waals surface area contributed by atoms with Crippen molar-refractivity contribution in [2.75, 3.05) is 41.6 Å². The molecule has 0 aliphatic carbocycles. The number of aromatic nitrogens is 3. The van der Waals surface area contributed by atoms with Gasteiger partial charge in [0.1, 0.15) is 5.69 Å². The van der Waals surface area contributed by atoms with Crippen molar-refractivity contribution in [1.29, 1.82) is 0 Å². The van der Waals surface area contributed by atoms with E-state index in [0.29, 0.717) is 36.0 Å². The van der Waals surface area contributed by atoms with E-state index in [1.807, 2.05) is 0 Å². The Labute approximate surface area is 162 Å². The first-order valence-corrected chi connectivity index (χ1v) is 8.55. The van der Waals surface area contributed by atoms with Crippen molar-refractivity contribution < 1.29 is 23.7 Å². The third-order valence-electron chi connectivity index (χ3n) is 3.92. The van der Waals surface area contributed by atoms with Crippen molar-refractivity contribution >= 4 is 5.91 Å². The van der Waals surface area contributed by atoms with Gasteiger partial charge in [-0.3, -0.25) is 9.59 Å². The highest BCUT2D eigenvalue weighted by atomic mass is 16.5. The fraction of sp³-hybridized carbons (Fsp3) is 0.444. The maximum Gasteiger partial charge on any atom is 0.273 e. The molecule has 1 aromatic carbocycles. The molecule has 0 fully saturated rings. The normalized spacial score (nSPS) is 10.4. The van der Waals surface area contributed by atoms with E-state index in [1.54, 1.807) is 19.2 Å². The van der Waals surface area contributed by atoms with Gasteiger partial charge in [0.15, 0.2) is 17.3 Å². The summed E-state index contributed by atoms with van der Waals surface area (Å²) >= 11 is 0. The number of benzene rings is 1. The monoisotopic (exact) mass is 392 g/mol. The molecule has 10 heteroatoms. The van der Waals surface area contributed by atoms with E-state index in [2.05, 4.69) is 20.5 Å². The summed E-state index contributed by atoms with van der Waals surface area (Å²) in [5, 5.41) is 10.7. The van der Waals surface area contributed by atoms with Crippen molar-refractivity contribution in [3.8, 4) is 28.6 Å². The van der Waals surface area contributed by atoms with Crippen LogP contribution < -0.4 is 25.1 Å². The zero-order valence-corrected chi connectivity index (χ0v) is 16.3. The molecule has 0 atom stereocenters. The van der Waals surface area contributed by atoms with Crippen LogP contribution in [0.2, 0.25) is 0 Å². The summed E-state index contributed by atoms with van der Waals surface area (Å²) < 4.78 is 20.7. The largest absolute Gasteiger partial charge is 0.493 e. The minimum absolute atomic E-state index is 0.130. The van der Waals surface area contributed by atoms with Crippen LogP contribution in [0.4, 0.5) is 0 Å². The Hall–Kier alpha value is -3.14. The number of rotatable bonds is 10. The molecule has 0 aliphatic heterocycles. The highest BCUT2D eigenvalue weighted by Crippen LogP contribution is 2.40. The molecule has 2 rings (SSSR count). The van der Waals surface area contributed by atoms with Gasteiger partial charge in [-0.15, -0.1) is 10.2 Å². The number of methoxy groups -OCH3 is 4. The molecule has 0 spiro atoms. The molecule has 1 aromatic heterocycles. The first-order valence-electron chi connectivity index (χ1n) is 8.55. The van der Waals surface area contributed by atoms with E-state index in [9.17, 15) is 9.59 Å². The van der Waals surface area contributed by atoms with Crippen LogP contribution in [0.15, 0.2) is 16.9 Å². The lowest BCUT2D eigenvalue weighted by Crippen LogP contribution is -2.28. The Morgan fingerprint density at radius 1 is 1.07 bits per heavy atom. The number of aromatic amines is 1. The van der Waals surface area contributed by atoms with Gasteiger partial charge in [-0.2, -0.15) is 0 Å². The summed E-state index contributed by atoms with van der Waals surface area (Å²) in [5.41, 5.74) is 0.310. The van der Waals surface area contributed by atoms with Crippen LogP contribution in [0.25, 0.3) is 11.4 Å². The number of nitrogens with zero attached hydrogens (tertiary/aromatic N) is 2. The minimum atomic E-state index is -0.413. The lowest BCUT2D eigenvalue weighted by atomic mass is 10.1. The second-order valence-electron chi connectivity index (χ2n) is 5.71. The summed E-state index contributed by atoms with van der Waals surface area (Å²) in [6.45, 7) is 0.840. The minimum Gasteiger partial charge on any atom is -0.493 e. The van der Waals surface area contributed by atoms with Gasteiger partial charge in [0.25, 0.3) is 5.56 Å². The van der Waals surface area contributed by atoms with E-state index in [1.165, 1.54) is 21.3 Å². The second kappa shape index (κ2) is 10.3. The summed E-state index contributed by atoms with van der Waals surface area (Å²) in [5.74, 6) is 1.34. The topological polar surface area (TPSA) is 125 Å². The highest BCUT2D eigenvalue weighted by molar-refractivity contribution is 5.76. The van der Waals surface area contributed by atoms with E-state index in [0.717, 1.165) is 0 Å². The molecule has 1 heterocycles. The molecule has 28 heavy (non-hydrogen) atoms. The molecule has 0 radical (unpaired) electrons. The molecule has 0 saturated heterocycles. The predicted octanol–water partition coefficient (Wildman–Crippen LogP) is 0.553. The van der Waals surface area contributed by atoms with Gasteiger partial charge in [-0.1, -0.05) is 0 Å². The summed E-state index contributed by atoms with van der Waals surface area (Å²) in [6, 6.07) is 3.31. The lowest BCUT2D eigenvalue weighted by molar-refractivity contribution is -0.121. The lowest BCUT2D eigenvalue weighted by Gasteiger charge is -2.13. The van der Waals surface area contributed by atoms with Crippen LogP contribution in [-0.2, 0) is 16.0 Å². The Balaban J connectivity index is 2.18. The highest BCUT2D eigenvalue weighted by Gasteiger charge is 2.16. The molecule has 10 nitrogen and oxygen atoms in total. The Morgan fingerprint density at radius 3 is 2.29 bits per heavy atom. The molecule has 152 valence electrons. The van der Waals surface area contributed by atoms with Gasteiger partial charge in [0, 0.05) is 32.1 Å². The summed E-state index contributed by atoms with van der Waals surface area (Å²) in [4.78, 5) is 26.7. The first-order chi connectivity index (χ1) is 13.5. The number of carbonyl (C=O) groups is 1. The summed E-state index contributed by atoms with van der Waals surface area (Å²) in [6.07, 6.45) is 0.307. The molecule has 1 amide bonds. The van der Waals surface area contributed by atoms with Gasteiger partial charge in [0.05, 0.1) is 27.9 Å². The van der Waals surface area contributed by atoms with Crippen molar-refractivity contribution in [1.82, 2.24) is 20.5 Å². The number of hydrogen-bond acceptors (Lipinski definition) is 8. The molecular formula is C18H24N4O6. The number of aryl methyl sites for hydroxylation is 1. The fourth-order valence-corrected chi connectivity index (χ4v) is 2.48. The van der Waals surface area contributed by atoms with Gasteiger partial charge >= 0.3 is 0 Å². The number of ether oxygens (including phenoxy) is 4. The smallest absolute Gasteiger partial charge is 0.273 e. The second-order valence-corrected chi connectivity index (χ2v) is 5.71. The SMILES string of the molecule is COCCNC(=O)CCc1nnc(-c2cc(OC)c(OC)c(OC)c2)[nH]c1=O. The van der Waals surface area contributed by atoms with Crippen molar-refractivity contribution in [2.45, 2.75) is 12.8 Å². The van der Waals surface area contributed by atoms with Gasteiger partial charge in [-0.25, -0.2) is 0 Å².